The van der Waals surface area contributed by atoms with E-state index in [-0.39, 0.29) is 30.6 Å². The van der Waals surface area contributed by atoms with Crippen molar-refractivity contribution in [2.24, 2.45) is 0 Å². The summed E-state index contributed by atoms with van der Waals surface area (Å²) < 4.78 is 5.42. The van der Waals surface area contributed by atoms with E-state index in [1.807, 2.05) is 4.90 Å². The Morgan fingerprint density at radius 2 is 1.90 bits per heavy atom. The number of hydrogen-bond acceptors (Lipinski definition) is 3. The van der Waals surface area contributed by atoms with Crippen molar-refractivity contribution in [3.8, 4) is 0 Å². The third-order valence-corrected chi connectivity index (χ3v) is 4.23. The van der Waals surface area contributed by atoms with E-state index in [4.69, 9.17) is 9.84 Å². The predicted molar refractivity (Wildman–Crippen MR) is 73.6 cm³/mol. The Kier molecular flexibility index (Phi) is 4.86. The van der Waals surface area contributed by atoms with E-state index < -0.39 is 5.97 Å². The van der Waals surface area contributed by atoms with Gasteiger partial charge in [0.05, 0.1) is 19.1 Å². The first-order valence-corrected chi connectivity index (χ1v) is 7.39. The molecule has 2 amide bonds. The molecule has 3 atom stereocenters. The Bertz CT molecular complexity index is 364. The lowest BCUT2D eigenvalue weighted by Gasteiger charge is -2.43. The third-order valence-electron chi connectivity index (χ3n) is 4.23. The molecule has 1 unspecified atom stereocenters. The summed E-state index contributed by atoms with van der Waals surface area (Å²) in [4.78, 5) is 27.1. The highest BCUT2D eigenvalue weighted by Gasteiger charge is 2.34. The molecule has 0 aromatic carbocycles. The Balaban J connectivity index is 1.98. The number of nitrogens with zero attached hydrogens (tertiary/aromatic N) is 2. The predicted octanol–water partition coefficient (Wildman–Crippen LogP) is 1.54. The lowest BCUT2D eigenvalue weighted by Crippen LogP contribution is -2.56. The molecule has 2 fully saturated rings. The fraction of sp³-hybridized carbons (Fsp3) is 0.857. The second kappa shape index (κ2) is 6.43. The highest BCUT2D eigenvalue weighted by Crippen LogP contribution is 2.24. The van der Waals surface area contributed by atoms with Gasteiger partial charge in [-0.2, -0.15) is 0 Å². The Hall–Kier alpha value is -1.30. The number of carbonyl (C=O) groups excluding carboxylic acids is 1. The van der Waals surface area contributed by atoms with Gasteiger partial charge in [0.15, 0.2) is 0 Å². The van der Waals surface area contributed by atoms with Crippen LogP contribution in [0, 0.1) is 0 Å². The van der Waals surface area contributed by atoms with Gasteiger partial charge >= 0.3 is 12.0 Å². The summed E-state index contributed by atoms with van der Waals surface area (Å²) in [6.07, 6.45) is 2.81. The van der Waals surface area contributed by atoms with Crippen LogP contribution in [0.5, 0.6) is 0 Å². The van der Waals surface area contributed by atoms with Gasteiger partial charge in [-0.15, -0.1) is 0 Å². The van der Waals surface area contributed by atoms with Crippen LogP contribution in [-0.2, 0) is 9.53 Å². The van der Waals surface area contributed by atoms with E-state index in [2.05, 4.69) is 13.8 Å². The van der Waals surface area contributed by atoms with Gasteiger partial charge in [-0.3, -0.25) is 4.79 Å². The molecule has 2 saturated heterocycles. The van der Waals surface area contributed by atoms with Crippen LogP contribution >= 0.6 is 0 Å². The molecule has 0 spiro atoms. The molecule has 6 nitrogen and oxygen atoms in total. The van der Waals surface area contributed by atoms with Crippen LogP contribution in [0.1, 0.15) is 39.5 Å². The molecule has 0 aromatic heterocycles. The molecule has 0 bridgehead atoms. The zero-order chi connectivity index (χ0) is 14.7. The van der Waals surface area contributed by atoms with Gasteiger partial charge in [0.25, 0.3) is 0 Å². The molecule has 2 rings (SSSR count). The monoisotopic (exact) mass is 284 g/mol. The molecule has 114 valence electrons. The highest BCUT2D eigenvalue weighted by molar-refractivity contribution is 5.75. The van der Waals surface area contributed by atoms with Gasteiger partial charge in [0, 0.05) is 25.2 Å². The summed E-state index contributed by atoms with van der Waals surface area (Å²) in [6.45, 7) is 5.51. The summed E-state index contributed by atoms with van der Waals surface area (Å²) in [7, 11) is 0. The van der Waals surface area contributed by atoms with Gasteiger partial charge in [-0.1, -0.05) is 0 Å². The number of ether oxygens (including phenoxy) is 1. The number of morpholine rings is 1. The number of rotatable bonds is 2. The van der Waals surface area contributed by atoms with Crippen molar-refractivity contribution in [3.63, 3.8) is 0 Å². The molecule has 0 aliphatic carbocycles. The normalized spacial score (nSPS) is 31.2. The van der Waals surface area contributed by atoms with Gasteiger partial charge in [-0.05, 0) is 33.1 Å². The quantitative estimate of drug-likeness (QED) is 0.835. The fourth-order valence-corrected chi connectivity index (χ4v) is 3.17. The van der Waals surface area contributed by atoms with Crippen LogP contribution in [0.25, 0.3) is 0 Å². The molecule has 2 aliphatic heterocycles. The summed E-state index contributed by atoms with van der Waals surface area (Å²) >= 11 is 0. The van der Waals surface area contributed by atoms with E-state index in [0.29, 0.717) is 19.7 Å². The van der Waals surface area contributed by atoms with Crippen molar-refractivity contribution in [1.29, 1.82) is 0 Å². The standard InChI is InChI=1S/C14H24N2O4/c1-10-4-3-5-11(2)16(10)14(19)15-6-7-20-12(9-15)8-13(17)18/h10-12H,3-9H2,1-2H3,(H,17,18)/t10-,11+,12?. The van der Waals surface area contributed by atoms with Crippen molar-refractivity contribution in [3.05, 3.63) is 0 Å². The molecule has 2 aliphatic rings. The first kappa shape index (κ1) is 15.1. The zero-order valence-corrected chi connectivity index (χ0v) is 12.2. The number of hydrogen-bond donors (Lipinski definition) is 1. The molecule has 0 saturated carbocycles. The SMILES string of the molecule is C[C@@H]1CCC[C@H](C)N1C(=O)N1CCOC(CC(=O)O)C1. The molecule has 1 N–H and O–H groups in total. The first-order chi connectivity index (χ1) is 9.49. The summed E-state index contributed by atoms with van der Waals surface area (Å²) in [5, 5.41) is 8.83. The highest BCUT2D eigenvalue weighted by atomic mass is 16.5. The van der Waals surface area contributed by atoms with Crippen molar-refractivity contribution in [2.45, 2.75) is 57.7 Å². The summed E-state index contributed by atoms with van der Waals surface area (Å²) in [5.74, 6) is -0.885. The summed E-state index contributed by atoms with van der Waals surface area (Å²) in [5.41, 5.74) is 0. The number of aliphatic carboxylic acids is 1. The first-order valence-electron chi connectivity index (χ1n) is 7.39. The molecular weight excluding hydrogens is 260 g/mol. The molecule has 0 radical (unpaired) electrons. The zero-order valence-electron chi connectivity index (χ0n) is 12.2. The van der Waals surface area contributed by atoms with E-state index >= 15 is 0 Å². The minimum absolute atomic E-state index is 0.0309. The average Bonchev–Trinajstić information content (AvgIpc) is 2.38. The molecular formula is C14H24N2O4. The van der Waals surface area contributed by atoms with E-state index in [0.717, 1.165) is 19.3 Å². The molecule has 6 heteroatoms. The van der Waals surface area contributed by atoms with Crippen LogP contribution in [0.4, 0.5) is 4.79 Å². The molecule has 2 heterocycles. The van der Waals surface area contributed by atoms with Crippen LogP contribution in [-0.4, -0.2) is 64.8 Å². The number of likely N-dealkylation sites (tertiary alicyclic amines) is 1. The van der Waals surface area contributed by atoms with E-state index in [1.165, 1.54) is 0 Å². The summed E-state index contributed by atoms with van der Waals surface area (Å²) in [6, 6.07) is 0.544. The fourth-order valence-electron chi connectivity index (χ4n) is 3.17. The number of piperidine rings is 1. The third kappa shape index (κ3) is 3.42. The Labute approximate surface area is 119 Å². The number of carboxylic acid groups (broad SMARTS) is 1. The largest absolute Gasteiger partial charge is 0.481 e. The molecule has 0 aromatic rings. The van der Waals surface area contributed by atoms with Crippen molar-refractivity contribution in [2.75, 3.05) is 19.7 Å². The Morgan fingerprint density at radius 3 is 2.50 bits per heavy atom. The minimum Gasteiger partial charge on any atom is -0.481 e. The van der Waals surface area contributed by atoms with E-state index in [1.54, 1.807) is 4.90 Å². The molecule has 20 heavy (non-hydrogen) atoms. The van der Waals surface area contributed by atoms with Crippen LogP contribution < -0.4 is 0 Å². The smallest absolute Gasteiger partial charge is 0.320 e. The van der Waals surface area contributed by atoms with Crippen molar-refractivity contribution >= 4 is 12.0 Å². The van der Waals surface area contributed by atoms with Crippen LogP contribution in [0.2, 0.25) is 0 Å². The maximum atomic E-state index is 12.7. The van der Waals surface area contributed by atoms with Gasteiger partial charge < -0.3 is 19.6 Å². The second-order valence-electron chi connectivity index (χ2n) is 5.86. The lowest BCUT2D eigenvalue weighted by atomic mass is 9.98. The lowest BCUT2D eigenvalue weighted by molar-refractivity contribution is -0.141. The number of amides is 2. The number of carboxylic acids is 1. The van der Waals surface area contributed by atoms with Gasteiger partial charge in [-0.25, -0.2) is 4.79 Å². The maximum absolute atomic E-state index is 12.7. The van der Waals surface area contributed by atoms with Gasteiger partial charge in [0.2, 0.25) is 0 Å². The second-order valence-corrected chi connectivity index (χ2v) is 5.86. The van der Waals surface area contributed by atoms with E-state index in [9.17, 15) is 9.59 Å². The van der Waals surface area contributed by atoms with Crippen LogP contribution in [0.15, 0.2) is 0 Å². The van der Waals surface area contributed by atoms with Crippen molar-refractivity contribution < 1.29 is 19.4 Å². The van der Waals surface area contributed by atoms with Crippen LogP contribution in [0.3, 0.4) is 0 Å². The Morgan fingerprint density at radius 1 is 1.25 bits per heavy atom. The van der Waals surface area contributed by atoms with Crippen molar-refractivity contribution in [1.82, 2.24) is 9.80 Å². The minimum atomic E-state index is -0.885. The maximum Gasteiger partial charge on any atom is 0.320 e. The van der Waals surface area contributed by atoms with Gasteiger partial charge in [0.1, 0.15) is 0 Å². The number of urea groups is 1. The number of carbonyl (C=O) groups is 2. The average molecular weight is 284 g/mol. The topological polar surface area (TPSA) is 70.1 Å².